The van der Waals surface area contributed by atoms with Crippen molar-refractivity contribution in [1.29, 1.82) is 0 Å². The summed E-state index contributed by atoms with van der Waals surface area (Å²) >= 11 is 0. The highest BCUT2D eigenvalue weighted by Crippen LogP contribution is 2.46. The van der Waals surface area contributed by atoms with Gasteiger partial charge >= 0.3 is 0 Å². The summed E-state index contributed by atoms with van der Waals surface area (Å²) in [5.74, 6) is 0.629. The number of benzene rings is 13. The van der Waals surface area contributed by atoms with Gasteiger partial charge in [-0.25, -0.2) is 9.97 Å². The lowest BCUT2D eigenvalue weighted by molar-refractivity contribution is 0.669. The highest BCUT2D eigenvalue weighted by Gasteiger charge is 2.24. The Labute approximate surface area is 500 Å². The first kappa shape index (κ1) is 47.4. The summed E-state index contributed by atoms with van der Waals surface area (Å²) in [4.78, 5) is 11.2. The van der Waals surface area contributed by atoms with E-state index in [1.165, 1.54) is 26.9 Å². The maximum Gasteiger partial charge on any atom is 0.160 e. The van der Waals surface area contributed by atoms with Crippen LogP contribution in [0.4, 0.5) is 0 Å². The molecule has 0 aliphatic heterocycles. The molecule has 0 amide bonds. The van der Waals surface area contributed by atoms with Crippen molar-refractivity contribution < 1.29 is 13.3 Å². The van der Waals surface area contributed by atoms with Crippen molar-refractivity contribution in [3.05, 3.63) is 273 Å². The number of fused-ring (bicyclic) bond motifs is 22. The maximum absolute atomic E-state index is 6.50. The molecule has 88 heavy (non-hydrogen) atoms. The van der Waals surface area contributed by atoms with Gasteiger partial charge < -0.3 is 27.0 Å². The lowest BCUT2D eigenvalue weighted by atomic mass is 9.99. The topological polar surface area (TPSA) is 80.0 Å². The number of hydrogen-bond acceptors (Lipinski definition) is 5. The summed E-state index contributed by atoms with van der Waals surface area (Å²) in [6.45, 7) is 0. The van der Waals surface area contributed by atoms with Gasteiger partial charge in [0, 0.05) is 82.1 Å². The first-order valence-corrected chi connectivity index (χ1v) is 29.8. The second-order valence-electron chi connectivity index (χ2n) is 23.1. The van der Waals surface area contributed by atoms with Crippen LogP contribution in [0, 0.1) is 0 Å². The molecule has 0 aliphatic rings. The van der Waals surface area contributed by atoms with E-state index in [0.29, 0.717) is 5.82 Å². The van der Waals surface area contributed by atoms with E-state index in [0.717, 1.165) is 160 Å². The molecule has 8 nitrogen and oxygen atoms in total. The Kier molecular flexibility index (Phi) is 9.57. The summed E-state index contributed by atoms with van der Waals surface area (Å²) in [7, 11) is 0. The number of rotatable bonds is 6. The van der Waals surface area contributed by atoms with Crippen molar-refractivity contribution in [3.63, 3.8) is 0 Å². The predicted octanol–water partition coefficient (Wildman–Crippen LogP) is 21.6. The molecule has 408 valence electrons. The second kappa shape index (κ2) is 17.8. The van der Waals surface area contributed by atoms with Crippen LogP contribution in [0.3, 0.4) is 0 Å². The van der Waals surface area contributed by atoms with Gasteiger partial charge in [-0.05, 0) is 132 Å². The molecular weight excluding hydrogens is 1080 g/mol. The minimum Gasteiger partial charge on any atom is -0.456 e. The molecule has 0 saturated heterocycles. The third-order valence-corrected chi connectivity index (χ3v) is 18.4. The molecule has 0 radical (unpaired) electrons. The zero-order valence-corrected chi connectivity index (χ0v) is 46.9. The molecule has 0 unspecified atom stereocenters. The van der Waals surface area contributed by atoms with Gasteiger partial charge in [0.2, 0.25) is 0 Å². The standard InChI is InChI=1S/C80H45N5O3/c1-7-25-64-53(19-1)56-36-40-70-73(59-22-4-10-28-67(59)86-70)77(56)83(64)50-34-31-46(32-35-50)76-62-45-48(47-15-13-17-51(43-47)84-65-26-8-2-20-54(65)57-37-41-71-74(78(57)84)60-23-5-11-29-68(60)87-71)33-39-63(62)81-80(82-76)49-16-14-18-52(44-49)85-66-27-9-3-21-55(66)58-38-42-72-75(79(58)85)61-24-6-12-30-69(61)88-72/h1-45H. The van der Waals surface area contributed by atoms with Gasteiger partial charge in [0.1, 0.15) is 33.5 Å². The highest BCUT2D eigenvalue weighted by molar-refractivity contribution is 6.27. The predicted molar refractivity (Wildman–Crippen MR) is 361 cm³/mol. The lowest BCUT2D eigenvalue weighted by Gasteiger charge is -2.15. The number of hydrogen-bond donors (Lipinski definition) is 0. The van der Waals surface area contributed by atoms with Crippen LogP contribution in [-0.2, 0) is 0 Å². The van der Waals surface area contributed by atoms with Gasteiger partial charge in [0.25, 0.3) is 0 Å². The van der Waals surface area contributed by atoms with Crippen LogP contribution in [0.2, 0.25) is 0 Å². The van der Waals surface area contributed by atoms with Crippen LogP contribution in [-0.4, -0.2) is 23.7 Å². The number of nitrogens with zero attached hydrogens (tertiary/aromatic N) is 5. The Morgan fingerprint density at radius 3 is 1.12 bits per heavy atom. The van der Waals surface area contributed by atoms with E-state index in [4.69, 9.17) is 23.2 Å². The zero-order chi connectivity index (χ0) is 57.3. The number of furan rings is 3. The van der Waals surface area contributed by atoms with Crippen molar-refractivity contribution in [3.8, 4) is 50.8 Å². The summed E-state index contributed by atoms with van der Waals surface area (Å²) < 4.78 is 26.7. The average molecular weight is 1120 g/mol. The van der Waals surface area contributed by atoms with Gasteiger partial charge in [-0.15, -0.1) is 0 Å². The second-order valence-corrected chi connectivity index (χ2v) is 23.1. The van der Waals surface area contributed by atoms with Gasteiger partial charge in [-0.3, -0.25) is 0 Å². The van der Waals surface area contributed by atoms with Crippen LogP contribution in [0.1, 0.15) is 0 Å². The molecular formula is C80H45N5O3. The lowest BCUT2D eigenvalue weighted by Crippen LogP contribution is -1.99. The summed E-state index contributed by atoms with van der Waals surface area (Å²) in [6, 6.07) is 97.1. The van der Waals surface area contributed by atoms with Gasteiger partial charge in [-0.2, -0.15) is 0 Å². The van der Waals surface area contributed by atoms with Crippen molar-refractivity contribution in [1.82, 2.24) is 23.7 Å². The average Bonchev–Trinajstić information content (AvgIpc) is 1.62. The Morgan fingerprint density at radius 2 is 0.636 bits per heavy atom. The Morgan fingerprint density at radius 1 is 0.239 bits per heavy atom. The van der Waals surface area contributed by atoms with Crippen LogP contribution < -0.4 is 0 Å². The molecule has 0 atom stereocenters. The molecule has 20 aromatic rings. The summed E-state index contributed by atoms with van der Waals surface area (Å²) in [5.41, 5.74) is 20.7. The molecule has 20 rings (SSSR count). The van der Waals surface area contributed by atoms with Gasteiger partial charge in [-0.1, -0.05) is 152 Å². The first-order valence-electron chi connectivity index (χ1n) is 29.8. The Balaban J connectivity index is 0.789. The summed E-state index contributed by atoms with van der Waals surface area (Å²) in [6.07, 6.45) is 0. The Bertz CT molecular complexity index is 6380. The maximum atomic E-state index is 6.50. The van der Waals surface area contributed by atoms with E-state index in [-0.39, 0.29) is 0 Å². The van der Waals surface area contributed by atoms with Crippen LogP contribution >= 0.6 is 0 Å². The molecule has 8 heteroatoms. The van der Waals surface area contributed by atoms with Gasteiger partial charge in [0.05, 0.1) is 60.5 Å². The van der Waals surface area contributed by atoms with E-state index >= 15 is 0 Å². The molecule has 0 bridgehead atoms. The normalized spacial score (nSPS) is 12.3. The van der Waals surface area contributed by atoms with E-state index in [9.17, 15) is 0 Å². The molecule has 0 saturated carbocycles. The number of aromatic nitrogens is 5. The van der Waals surface area contributed by atoms with E-state index in [1.807, 2.05) is 24.3 Å². The van der Waals surface area contributed by atoms with Gasteiger partial charge in [0.15, 0.2) is 5.82 Å². The minimum atomic E-state index is 0.629. The SMILES string of the molecule is c1cc(-c2ccc3nc(-c4cccc(-n5c6ccccc6c6ccc7oc8ccccc8c7c65)c4)nc(-c4ccc(-n5c6ccccc6c6ccc7oc8ccccc8c7c65)cc4)c3c2)cc(-n2c3ccccc3c3ccc4oc5ccccc5c4c32)c1. The third kappa shape index (κ3) is 6.62. The fourth-order valence-electron chi connectivity index (χ4n) is 14.6. The largest absolute Gasteiger partial charge is 0.456 e. The molecule has 7 heterocycles. The molecule has 0 fully saturated rings. The van der Waals surface area contributed by atoms with E-state index in [1.54, 1.807) is 0 Å². The zero-order valence-electron chi connectivity index (χ0n) is 46.9. The fraction of sp³-hybridized carbons (Fsp3) is 0. The fourth-order valence-corrected chi connectivity index (χ4v) is 14.6. The molecule has 0 aliphatic carbocycles. The van der Waals surface area contributed by atoms with E-state index in [2.05, 4.69) is 262 Å². The quantitative estimate of drug-likeness (QED) is 0.166. The van der Waals surface area contributed by atoms with Crippen molar-refractivity contribution in [2.45, 2.75) is 0 Å². The van der Waals surface area contributed by atoms with Crippen LogP contribution in [0.15, 0.2) is 286 Å². The first-order chi connectivity index (χ1) is 43.6. The van der Waals surface area contributed by atoms with Crippen molar-refractivity contribution in [2.24, 2.45) is 0 Å². The summed E-state index contributed by atoms with van der Waals surface area (Å²) in [5, 5.41) is 14.6. The number of para-hydroxylation sites is 6. The smallest absolute Gasteiger partial charge is 0.160 e. The van der Waals surface area contributed by atoms with Crippen molar-refractivity contribution in [2.75, 3.05) is 0 Å². The third-order valence-electron chi connectivity index (χ3n) is 18.4. The monoisotopic (exact) mass is 1120 g/mol. The molecule has 0 N–H and O–H groups in total. The van der Waals surface area contributed by atoms with Crippen molar-refractivity contribution >= 4 is 142 Å². The molecule has 7 aromatic heterocycles. The van der Waals surface area contributed by atoms with Crippen LogP contribution in [0.5, 0.6) is 0 Å². The van der Waals surface area contributed by atoms with E-state index < -0.39 is 0 Å². The molecule has 13 aromatic carbocycles. The molecule has 0 spiro atoms. The Hall–Kier alpha value is -12.0. The minimum absolute atomic E-state index is 0.629. The van der Waals surface area contributed by atoms with Crippen LogP contribution in [0.25, 0.3) is 193 Å². The highest BCUT2D eigenvalue weighted by atomic mass is 16.3.